The van der Waals surface area contributed by atoms with Gasteiger partial charge in [-0.2, -0.15) is 0 Å². The molecule has 6 heteroatoms. The molecule has 5 nitrogen and oxygen atoms in total. The van der Waals surface area contributed by atoms with Gasteiger partial charge in [-0.3, -0.25) is 0 Å². The van der Waals surface area contributed by atoms with Crippen LogP contribution in [0.15, 0.2) is 16.6 Å². The number of amides is 1. The Morgan fingerprint density at radius 3 is 2.44 bits per heavy atom. The number of benzene rings is 1. The molecule has 18 heavy (non-hydrogen) atoms. The minimum atomic E-state index is -0.392. The molecule has 0 spiro atoms. The van der Waals surface area contributed by atoms with Crippen molar-refractivity contribution in [3.05, 3.63) is 22.2 Å². The molecule has 1 amide bonds. The summed E-state index contributed by atoms with van der Waals surface area (Å²) in [6.07, 6.45) is -0.392. The number of carbonyl (C=O) groups excluding carboxylic acids is 1. The normalized spacial score (nSPS) is 9.83. The summed E-state index contributed by atoms with van der Waals surface area (Å²) in [6, 6.07) is 3.58. The van der Waals surface area contributed by atoms with Gasteiger partial charge in [-0.25, -0.2) is 4.79 Å². The Bertz CT molecular complexity index is 434. The van der Waals surface area contributed by atoms with Gasteiger partial charge in [-0.15, -0.1) is 0 Å². The highest BCUT2D eigenvalue weighted by atomic mass is 79.9. The lowest BCUT2D eigenvalue weighted by Gasteiger charge is -2.14. The second-order valence-electron chi connectivity index (χ2n) is 3.72. The predicted octanol–water partition coefficient (Wildman–Crippen LogP) is 2.66. The topological polar surface area (TPSA) is 48.0 Å². The van der Waals surface area contributed by atoms with Crippen molar-refractivity contribution in [1.29, 1.82) is 0 Å². The van der Waals surface area contributed by atoms with Gasteiger partial charge in [0.1, 0.15) is 6.61 Å². The van der Waals surface area contributed by atoms with Crippen molar-refractivity contribution in [2.24, 2.45) is 0 Å². The number of nitrogens with zero attached hydrogens (tertiary/aromatic N) is 1. The Hall–Kier alpha value is -1.43. The minimum Gasteiger partial charge on any atom is -0.493 e. The van der Waals surface area contributed by atoms with E-state index in [9.17, 15) is 4.79 Å². The third kappa shape index (κ3) is 3.29. The summed E-state index contributed by atoms with van der Waals surface area (Å²) in [7, 11) is 6.38. The Morgan fingerprint density at radius 1 is 1.28 bits per heavy atom. The molecule has 0 aromatic heterocycles. The van der Waals surface area contributed by atoms with Crippen LogP contribution in [0.2, 0.25) is 0 Å². The van der Waals surface area contributed by atoms with Crippen LogP contribution in [0.4, 0.5) is 4.79 Å². The number of methoxy groups -OCH3 is 2. The largest absolute Gasteiger partial charge is 0.493 e. The molecule has 0 atom stereocenters. The molecule has 1 rings (SSSR count). The second kappa shape index (κ2) is 6.49. The van der Waals surface area contributed by atoms with Gasteiger partial charge < -0.3 is 19.1 Å². The van der Waals surface area contributed by atoms with Crippen molar-refractivity contribution in [3.63, 3.8) is 0 Å². The monoisotopic (exact) mass is 317 g/mol. The van der Waals surface area contributed by atoms with Crippen LogP contribution in [0.3, 0.4) is 0 Å². The van der Waals surface area contributed by atoms with Gasteiger partial charge in [0.15, 0.2) is 11.5 Å². The maximum Gasteiger partial charge on any atom is 0.409 e. The van der Waals surface area contributed by atoms with Crippen LogP contribution in [0.25, 0.3) is 0 Å². The first kappa shape index (κ1) is 14.6. The van der Waals surface area contributed by atoms with Gasteiger partial charge in [-0.1, -0.05) is 6.07 Å². The number of hydrogen-bond donors (Lipinski definition) is 0. The average Bonchev–Trinajstić information content (AvgIpc) is 2.36. The molecule has 0 saturated heterocycles. The molecule has 0 unspecified atom stereocenters. The van der Waals surface area contributed by atoms with Crippen LogP contribution < -0.4 is 9.47 Å². The van der Waals surface area contributed by atoms with Crippen molar-refractivity contribution in [1.82, 2.24) is 4.90 Å². The molecule has 0 saturated carbocycles. The molecule has 0 fully saturated rings. The Morgan fingerprint density at radius 2 is 1.94 bits per heavy atom. The van der Waals surface area contributed by atoms with Crippen LogP contribution >= 0.6 is 15.9 Å². The van der Waals surface area contributed by atoms with Crippen LogP contribution in [0.1, 0.15) is 5.56 Å². The molecule has 0 heterocycles. The van der Waals surface area contributed by atoms with E-state index in [0.717, 1.165) is 10.0 Å². The van der Waals surface area contributed by atoms with E-state index < -0.39 is 6.09 Å². The van der Waals surface area contributed by atoms with E-state index in [2.05, 4.69) is 15.9 Å². The smallest absolute Gasteiger partial charge is 0.409 e. The molecule has 0 bridgehead atoms. The lowest BCUT2D eigenvalue weighted by atomic mass is 10.2. The highest BCUT2D eigenvalue weighted by Gasteiger charge is 2.14. The molecule has 100 valence electrons. The number of carbonyl (C=O) groups is 1. The summed E-state index contributed by atoms with van der Waals surface area (Å²) in [5, 5.41) is 0. The molecule has 0 radical (unpaired) electrons. The zero-order chi connectivity index (χ0) is 13.7. The summed E-state index contributed by atoms with van der Waals surface area (Å²) in [6.45, 7) is 0.165. The fourth-order valence-corrected chi connectivity index (χ4v) is 1.91. The maximum absolute atomic E-state index is 11.3. The van der Waals surface area contributed by atoms with Gasteiger partial charge in [0, 0.05) is 19.7 Å². The van der Waals surface area contributed by atoms with Gasteiger partial charge in [0.25, 0.3) is 0 Å². The maximum atomic E-state index is 11.3. The second-order valence-corrected chi connectivity index (χ2v) is 4.52. The van der Waals surface area contributed by atoms with Crippen molar-refractivity contribution in [2.45, 2.75) is 6.61 Å². The van der Waals surface area contributed by atoms with E-state index in [4.69, 9.17) is 14.2 Å². The molecule has 0 N–H and O–H groups in total. The van der Waals surface area contributed by atoms with Crippen molar-refractivity contribution in [3.8, 4) is 11.5 Å². The Balaban J connectivity index is 2.88. The van der Waals surface area contributed by atoms with Crippen LogP contribution in [0.5, 0.6) is 11.5 Å². The van der Waals surface area contributed by atoms with E-state index in [1.807, 2.05) is 6.07 Å². The first-order valence-electron chi connectivity index (χ1n) is 5.24. The van der Waals surface area contributed by atoms with Crippen LogP contribution in [-0.2, 0) is 11.3 Å². The molecule has 1 aromatic rings. The summed E-state index contributed by atoms with van der Waals surface area (Å²) in [4.78, 5) is 12.7. The van der Waals surface area contributed by atoms with Crippen molar-refractivity contribution >= 4 is 22.0 Å². The van der Waals surface area contributed by atoms with Gasteiger partial charge >= 0.3 is 6.09 Å². The van der Waals surface area contributed by atoms with Crippen LogP contribution in [0, 0.1) is 0 Å². The summed E-state index contributed by atoms with van der Waals surface area (Å²) < 4.78 is 16.2. The zero-order valence-electron chi connectivity index (χ0n) is 10.8. The fourth-order valence-electron chi connectivity index (χ4n) is 1.31. The van der Waals surface area contributed by atoms with Gasteiger partial charge in [0.05, 0.1) is 18.7 Å². The molecule has 0 aliphatic heterocycles. The first-order valence-corrected chi connectivity index (χ1v) is 6.04. The van der Waals surface area contributed by atoms with E-state index in [1.54, 1.807) is 34.4 Å². The Labute approximate surface area is 115 Å². The number of ether oxygens (including phenoxy) is 3. The van der Waals surface area contributed by atoms with Crippen LogP contribution in [-0.4, -0.2) is 39.3 Å². The SMILES string of the molecule is COc1ccc(COC(=O)N(C)C)c(Br)c1OC. The molecule has 0 aliphatic carbocycles. The molecule has 0 aliphatic rings. The highest BCUT2D eigenvalue weighted by molar-refractivity contribution is 9.10. The lowest BCUT2D eigenvalue weighted by Crippen LogP contribution is -2.22. The fraction of sp³-hybridized carbons (Fsp3) is 0.417. The first-order chi connectivity index (χ1) is 8.51. The average molecular weight is 318 g/mol. The van der Waals surface area contributed by atoms with Gasteiger partial charge in [0.2, 0.25) is 0 Å². The molecule has 1 aromatic carbocycles. The molecular weight excluding hydrogens is 302 g/mol. The lowest BCUT2D eigenvalue weighted by molar-refractivity contribution is 0.112. The predicted molar refractivity (Wildman–Crippen MR) is 71.1 cm³/mol. The third-order valence-electron chi connectivity index (χ3n) is 2.28. The van der Waals surface area contributed by atoms with Crippen molar-refractivity contribution < 1.29 is 19.0 Å². The highest BCUT2D eigenvalue weighted by Crippen LogP contribution is 2.37. The van der Waals surface area contributed by atoms with E-state index in [1.165, 1.54) is 4.90 Å². The number of hydrogen-bond acceptors (Lipinski definition) is 4. The van der Waals surface area contributed by atoms with E-state index in [0.29, 0.717) is 11.5 Å². The van der Waals surface area contributed by atoms with E-state index in [-0.39, 0.29) is 6.61 Å². The number of rotatable bonds is 4. The summed E-state index contributed by atoms with van der Waals surface area (Å²) in [5.74, 6) is 1.20. The summed E-state index contributed by atoms with van der Waals surface area (Å²) >= 11 is 3.41. The zero-order valence-corrected chi connectivity index (χ0v) is 12.4. The Kier molecular flexibility index (Phi) is 5.27. The van der Waals surface area contributed by atoms with E-state index >= 15 is 0 Å². The van der Waals surface area contributed by atoms with Gasteiger partial charge in [-0.05, 0) is 22.0 Å². The third-order valence-corrected chi connectivity index (χ3v) is 3.15. The number of halogens is 1. The molecular formula is C12H16BrNO4. The minimum absolute atomic E-state index is 0.165. The standard InChI is InChI=1S/C12H16BrNO4/c1-14(2)12(15)18-7-8-5-6-9(16-3)11(17-4)10(8)13/h5-6H,7H2,1-4H3. The van der Waals surface area contributed by atoms with Crippen molar-refractivity contribution in [2.75, 3.05) is 28.3 Å². The quantitative estimate of drug-likeness (QED) is 0.856. The summed E-state index contributed by atoms with van der Waals surface area (Å²) in [5.41, 5.74) is 0.808.